The average Bonchev–Trinajstić information content (AvgIpc) is 2.34. The van der Waals surface area contributed by atoms with E-state index in [1.165, 1.54) is 0 Å². The molecule has 0 radical (unpaired) electrons. The summed E-state index contributed by atoms with van der Waals surface area (Å²) in [6.07, 6.45) is 0. The van der Waals surface area contributed by atoms with Crippen molar-refractivity contribution in [2.24, 2.45) is 0 Å². The van der Waals surface area contributed by atoms with Gasteiger partial charge in [0, 0.05) is 5.02 Å². The highest BCUT2D eigenvalue weighted by atomic mass is 35.5. The molecule has 6 nitrogen and oxygen atoms in total. The zero-order valence-electron chi connectivity index (χ0n) is 9.31. The zero-order valence-corrected chi connectivity index (χ0v) is 10.1. The largest absolute Gasteiger partial charge is 0.391 e. The van der Waals surface area contributed by atoms with Gasteiger partial charge in [-0.2, -0.15) is 0 Å². The maximum absolute atomic E-state index is 11.7. The topological polar surface area (TPSA) is 107 Å². The first kappa shape index (κ1) is 12.3. The van der Waals surface area contributed by atoms with E-state index in [1.807, 2.05) is 0 Å². The van der Waals surface area contributed by atoms with Crippen molar-refractivity contribution in [3.05, 3.63) is 55.7 Å². The van der Waals surface area contributed by atoms with Crippen molar-refractivity contribution in [3.63, 3.8) is 0 Å². The molecule has 0 unspecified atom stereocenters. The Hall–Kier alpha value is -2.21. The summed E-state index contributed by atoms with van der Waals surface area (Å²) in [4.78, 5) is 25.0. The van der Waals surface area contributed by atoms with Gasteiger partial charge in [-0.05, 0) is 11.6 Å². The molecule has 2 aromatic rings. The first-order chi connectivity index (χ1) is 8.50. The van der Waals surface area contributed by atoms with E-state index in [-0.39, 0.29) is 18.1 Å². The van der Waals surface area contributed by atoms with Crippen LogP contribution >= 0.6 is 11.6 Å². The summed E-state index contributed by atoms with van der Waals surface area (Å²) in [5, 5.41) is 0.508. The smallest absolute Gasteiger partial charge is 0.330 e. The Bertz CT molecular complexity index is 705. The molecule has 1 heterocycles. The van der Waals surface area contributed by atoms with Gasteiger partial charge in [0.05, 0.1) is 6.54 Å². The summed E-state index contributed by atoms with van der Waals surface area (Å²) >= 11 is 5.99. The van der Waals surface area contributed by atoms with Crippen molar-refractivity contribution in [1.29, 1.82) is 0 Å². The highest BCUT2D eigenvalue weighted by Crippen LogP contribution is 2.17. The lowest BCUT2D eigenvalue weighted by Gasteiger charge is -2.11. The van der Waals surface area contributed by atoms with Crippen molar-refractivity contribution in [1.82, 2.24) is 9.55 Å². The van der Waals surface area contributed by atoms with Crippen LogP contribution in [-0.4, -0.2) is 9.55 Å². The number of rotatable bonds is 2. The molecule has 2 rings (SSSR count). The lowest BCUT2D eigenvalue weighted by atomic mass is 10.2. The van der Waals surface area contributed by atoms with Crippen LogP contribution in [0.25, 0.3) is 0 Å². The van der Waals surface area contributed by atoms with Gasteiger partial charge in [-0.15, -0.1) is 0 Å². The van der Waals surface area contributed by atoms with Crippen molar-refractivity contribution in [3.8, 4) is 0 Å². The number of hydrogen-bond acceptors (Lipinski definition) is 4. The second-order valence-corrected chi connectivity index (χ2v) is 4.14. The predicted molar refractivity (Wildman–Crippen MR) is 70.7 cm³/mol. The van der Waals surface area contributed by atoms with Crippen LogP contribution in [0.1, 0.15) is 5.56 Å². The van der Waals surface area contributed by atoms with Crippen LogP contribution in [0.4, 0.5) is 11.5 Å². The number of H-pyrrole nitrogens is 1. The minimum absolute atomic E-state index is 0.0660. The number of halogens is 1. The fourth-order valence-corrected chi connectivity index (χ4v) is 1.75. The molecule has 0 saturated carbocycles. The van der Waals surface area contributed by atoms with E-state index in [4.69, 9.17) is 23.1 Å². The molecule has 0 aliphatic carbocycles. The first-order valence-electron chi connectivity index (χ1n) is 5.12. The van der Waals surface area contributed by atoms with Gasteiger partial charge in [0.25, 0.3) is 5.56 Å². The number of hydrogen-bond donors (Lipinski definition) is 3. The van der Waals surface area contributed by atoms with E-state index in [2.05, 4.69) is 4.98 Å². The fraction of sp³-hybridized carbons (Fsp3) is 0.0909. The Morgan fingerprint density at radius 3 is 2.56 bits per heavy atom. The number of nitrogens with two attached hydrogens (primary N) is 2. The van der Waals surface area contributed by atoms with E-state index >= 15 is 0 Å². The van der Waals surface area contributed by atoms with Crippen LogP contribution in [0, 0.1) is 0 Å². The summed E-state index contributed by atoms with van der Waals surface area (Å²) in [5.74, 6) is -0.0660. The van der Waals surface area contributed by atoms with Crippen LogP contribution in [0.5, 0.6) is 0 Å². The van der Waals surface area contributed by atoms with Crippen LogP contribution < -0.4 is 22.7 Å². The molecule has 7 heteroatoms. The molecule has 0 aliphatic heterocycles. The molecule has 1 aromatic heterocycles. The SMILES string of the molecule is Nc1c(N)n(Cc2ccccc2Cl)c(=O)[nH]c1=O. The van der Waals surface area contributed by atoms with Crippen LogP contribution in [0.3, 0.4) is 0 Å². The van der Waals surface area contributed by atoms with E-state index in [0.717, 1.165) is 4.57 Å². The van der Waals surface area contributed by atoms with Crippen LogP contribution in [-0.2, 0) is 6.54 Å². The lowest BCUT2D eigenvalue weighted by molar-refractivity contribution is 0.735. The normalized spacial score (nSPS) is 10.5. The van der Waals surface area contributed by atoms with E-state index < -0.39 is 11.2 Å². The first-order valence-corrected chi connectivity index (χ1v) is 5.50. The van der Waals surface area contributed by atoms with Gasteiger partial charge < -0.3 is 11.5 Å². The molecule has 0 amide bonds. The average molecular weight is 267 g/mol. The summed E-state index contributed by atoms with van der Waals surface area (Å²) in [7, 11) is 0. The van der Waals surface area contributed by atoms with Gasteiger partial charge in [0.1, 0.15) is 11.5 Å². The minimum Gasteiger partial charge on any atom is -0.391 e. The van der Waals surface area contributed by atoms with Crippen LogP contribution in [0.2, 0.25) is 5.02 Å². The maximum Gasteiger partial charge on any atom is 0.330 e. The third-order valence-electron chi connectivity index (χ3n) is 2.56. The highest BCUT2D eigenvalue weighted by molar-refractivity contribution is 6.31. The van der Waals surface area contributed by atoms with Gasteiger partial charge in [-0.3, -0.25) is 14.3 Å². The number of nitrogens with zero attached hydrogens (tertiary/aromatic N) is 1. The summed E-state index contributed by atoms with van der Waals surface area (Å²) < 4.78 is 1.16. The number of aromatic nitrogens is 2. The Balaban J connectivity index is 2.55. The summed E-state index contributed by atoms with van der Waals surface area (Å²) in [6.45, 7) is 0.144. The maximum atomic E-state index is 11.7. The van der Waals surface area contributed by atoms with E-state index in [9.17, 15) is 9.59 Å². The monoisotopic (exact) mass is 266 g/mol. The summed E-state index contributed by atoms with van der Waals surface area (Å²) in [6, 6.07) is 7.03. The number of benzene rings is 1. The molecule has 18 heavy (non-hydrogen) atoms. The van der Waals surface area contributed by atoms with E-state index in [1.54, 1.807) is 24.3 Å². The van der Waals surface area contributed by atoms with E-state index in [0.29, 0.717) is 10.6 Å². The lowest BCUT2D eigenvalue weighted by Crippen LogP contribution is -2.34. The molecular weight excluding hydrogens is 256 g/mol. The van der Waals surface area contributed by atoms with Crippen molar-refractivity contribution < 1.29 is 0 Å². The predicted octanol–water partition coefficient (Wildman–Crippen LogP) is 0.403. The number of nitrogen functional groups attached to an aromatic ring is 2. The molecule has 0 bridgehead atoms. The number of nitrogens with one attached hydrogen (secondary N) is 1. The van der Waals surface area contributed by atoms with Crippen molar-refractivity contribution >= 4 is 23.1 Å². The Morgan fingerprint density at radius 2 is 1.89 bits per heavy atom. The van der Waals surface area contributed by atoms with Crippen molar-refractivity contribution in [2.75, 3.05) is 11.5 Å². The molecule has 0 spiro atoms. The molecule has 1 aromatic carbocycles. The standard InChI is InChI=1S/C11H11ClN4O2/c12-7-4-2-1-3-6(7)5-16-9(14)8(13)10(17)15-11(16)18/h1-4H,5,13-14H2,(H,15,17,18). The van der Waals surface area contributed by atoms with Gasteiger partial charge in [0.2, 0.25) is 0 Å². The molecule has 94 valence electrons. The highest BCUT2D eigenvalue weighted by Gasteiger charge is 2.10. The number of anilines is 2. The van der Waals surface area contributed by atoms with Gasteiger partial charge in [-0.25, -0.2) is 4.79 Å². The molecule has 0 aliphatic rings. The second-order valence-electron chi connectivity index (χ2n) is 3.74. The number of aromatic amines is 1. The third kappa shape index (κ3) is 2.10. The molecule has 0 fully saturated rings. The Labute approximate surface area is 107 Å². The summed E-state index contributed by atoms with van der Waals surface area (Å²) in [5.41, 5.74) is 10.4. The van der Waals surface area contributed by atoms with Gasteiger partial charge >= 0.3 is 5.69 Å². The second kappa shape index (κ2) is 4.58. The zero-order chi connectivity index (χ0) is 13.3. The van der Waals surface area contributed by atoms with Crippen LogP contribution in [0.15, 0.2) is 33.9 Å². The van der Waals surface area contributed by atoms with Crippen molar-refractivity contribution in [2.45, 2.75) is 6.54 Å². The third-order valence-corrected chi connectivity index (χ3v) is 2.93. The molecule has 0 saturated heterocycles. The molecular formula is C11H11ClN4O2. The molecule has 5 N–H and O–H groups in total. The molecule has 0 atom stereocenters. The van der Waals surface area contributed by atoms with Gasteiger partial charge in [0.15, 0.2) is 0 Å². The Morgan fingerprint density at radius 1 is 1.22 bits per heavy atom. The fourth-order valence-electron chi connectivity index (χ4n) is 1.56. The Kier molecular flexibility index (Phi) is 3.12. The quantitative estimate of drug-likeness (QED) is 0.731. The minimum atomic E-state index is -0.687. The van der Waals surface area contributed by atoms with Gasteiger partial charge in [-0.1, -0.05) is 29.8 Å².